The summed E-state index contributed by atoms with van der Waals surface area (Å²) in [6.07, 6.45) is 1.88. The standard InChI is InChI=1S/C16H9BrN2S2/c17-12-7-5-11(6-8-12)9-13(10-18)20-16-19-14-3-1-2-4-15(14)21-16/h1-9H. The first-order valence-electron chi connectivity index (χ1n) is 6.15. The summed E-state index contributed by atoms with van der Waals surface area (Å²) in [7, 11) is 0. The van der Waals surface area contributed by atoms with Crippen molar-refractivity contribution in [1.82, 2.24) is 4.98 Å². The van der Waals surface area contributed by atoms with Crippen LogP contribution in [-0.2, 0) is 0 Å². The molecule has 0 bridgehead atoms. The second-order valence-corrected chi connectivity index (χ2v) is 7.46. The Morgan fingerprint density at radius 2 is 1.95 bits per heavy atom. The Labute approximate surface area is 139 Å². The van der Waals surface area contributed by atoms with Crippen LogP contribution in [0.1, 0.15) is 5.56 Å². The third kappa shape index (κ3) is 3.53. The average molecular weight is 373 g/mol. The van der Waals surface area contributed by atoms with Gasteiger partial charge in [0, 0.05) is 4.47 Å². The molecule has 5 heteroatoms. The molecular formula is C16H9BrN2S2. The molecule has 21 heavy (non-hydrogen) atoms. The number of fused-ring (bicyclic) bond motifs is 1. The van der Waals surface area contributed by atoms with E-state index in [1.165, 1.54) is 11.8 Å². The number of hydrogen-bond acceptors (Lipinski definition) is 4. The summed E-state index contributed by atoms with van der Waals surface area (Å²) in [5, 5.41) is 9.31. The van der Waals surface area contributed by atoms with E-state index in [-0.39, 0.29) is 0 Å². The van der Waals surface area contributed by atoms with Crippen molar-refractivity contribution in [3.63, 3.8) is 0 Å². The van der Waals surface area contributed by atoms with Crippen molar-refractivity contribution >= 4 is 55.3 Å². The highest BCUT2D eigenvalue weighted by Gasteiger charge is 2.07. The zero-order valence-electron chi connectivity index (χ0n) is 10.8. The van der Waals surface area contributed by atoms with Crippen molar-refractivity contribution in [3.05, 3.63) is 63.5 Å². The normalized spacial score (nSPS) is 11.5. The monoisotopic (exact) mass is 372 g/mol. The third-order valence-corrected chi connectivity index (χ3v) is 5.30. The number of hydrogen-bond donors (Lipinski definition) is 0. The summed E-state index contributed by atoms with van der Waals surface area (Å²) in [4.78, 5) is 5.17. The number of para-hydroxylation sites is 1. The summed E-state index contributed by atoms with van der Waals surface area (Å²) in [6, 6.07) is 18.1. The van der Waals surface area contributed by atoms with E-state index in [9.17, 15) is 5.26 Å². The molecule has 0 spiro atoms. The maximum absolute atomic E-state index is 9.31. The van der Waals surface area contributed by atoms with Crippen LogP contribution in [0.15, 0.2) is 62.2 Å². The van der Waals surface area contributed by atoms with E-state index >= 15 is 0 Å². The van der Waals surface area contributed by atoms with Crippen LogP contribution in [-0.4, -0.2) is 4.98 Å². The highest BCUT2D eigenvalue weighted by molar-refractivity contribution is 9.10. The topological polar surface area (TPSA) is 36.7 Å². The van der Waals surface area contributed by atoms with Gasteiger partial charge in [0.25, 0.3) is 0 Å². The molecule has 0 unspecified atom stereocenters. The molecular weight excluding hydrogens is 364 g/mol. The highest BCUT2D eigenvalue weighted by Crippen LogP contribution is 2.34. The fourth-order valence-corrected chi connectivity index (χ4v) is 4.02. The first kappa shape index (κ1) is 14.3. The van der Waals surface area contributed by atoms with E-state index in [1.54, 1.807) is 11.3 Å². The molecule has 2 nitrogen and oxygen atoms in total. The molecule has 0 saturated heterocycles. The van der Waals surface area contributed by atoms with Crippen molar-refractivity contribution in [2.24, 2.45) is 0 Å². The van der Waals surface area contributed by atoms with Gasteiger partial charge in [-0.15, -0.1) is 11.3 Å². The zero-order chi connectivity index (χ0) is 14.7. The largest absolute Gasteiger partial charge is 0.229 e. The SMILES string of the molecule is N#CC(=Cc1ccc(Br)cc1)Sc1nc2ccccc2s1. The fourth-order valence-electron chi connectivity index (χ4n) is 1.78. The number of nitriles is 1. The van der Waals surface area contributed by atoms with E-state index in [1.807, 2.05) is 54.6 Å². The second-order valence-electron chi connectivity index (χ2n) is 4.22. The van der Waals surface area contributed by atoms with Crippen LogP contribution < -0.4 is 0 Å². The van der Waals surface area contributed by atoms with Crippen LogP contribution in [0.3, 0.4) is 0 Å². The van der Waals surface area contributed by atoms with Gasteiger partial charge in [0.1, 0.15) is 6.07 Å². The molecule has 0 N–H and O–H groups in total. The molecule has 0 atom stereocenters. The van der Waals surface area contributed by atoms with Gasteiger partial charge >= 0.3 is 0 Å². The number of thiazole rings is 1. The Morgan fingerprint density at radius 1 is 1.19 bits per heavy atom. The lowest BCUT2D eigenvalue weighted by molar-refractivity contribution is 1.31. The molecule has 0 aliphatic rings. The first-order valence-corrected chi connectivity index (χ1v) is 8.58. The molecule has 2 aromatic carbocycles. The maximum Gasteiger partial charge on any atom is 0.156 e. The van der Waals surface area contributed by atoms with Crippen LogP contribution in [0.2, 0.25) is 0 Å². The Hall–Kier alpha value is -1.61. The van der Waals surface area contributed by atoms with Gasteiger partial charge in [0.05, 0.1) is 15.1 Å². The predicted octanol–water partition coefficient (Wildman–Crippen LogP) is 5.72. The predicted molar refractivity (Wildman–Crippen MR) is 93.2 cm³/mol. The minimum absolute atomic E-state index is 0.636. The molecule has 3 rings (SSSR count). The molecule has 0 fully saturated rings. The second kappa shape index (κ2) is 6.44. The fraction of sp³-hybridized carbons (Fsp3) is 0. The number of nitrogens with zero attached hydrogens (tertiary/aromatic N) is 2. The van der Waals surface area contributed by atoms with E-state index in [2.05, 4.69) is 27.0 Å². The van der Waals surface area contributed by atoms with Gasteiger partial charge in [-0.3, -0.25) is 0 Å². The van der Waals surface area contributed by atoms with Crippen LogP contribution in [0.5, 0.6) is 0 Å². The molecule has 1 aromatic heterocycles. The van der Waals surface area contributed by atoms with E-state index in [4.69, 9.17) is 0 Å². The Kier molecular flexibility index (Phi) is 4.39. The van der Waals surface area contributed by atoms with Gasteiger partial charge in [-0.05, 0) is 47.7 Å². The van der Waals surface area contributed by atoms with Crippen molar-refractivity contribution in [2.75, 3.05) is 0 Å². The van der Waals surface area contributed by atoms with Crippen molar-refractivity contribution < 1.29 is 0 Å². The van der Waals surface area contributed by atoms with Crippen LogP contribution >= 0.6 is 39.0 Å². The van der Waals surface area contributed by atoms with E-state index in [0.29, 0.717) is 4.91 Å². The van der Waals surface area contributed by atoms with Gasteiger partial charge in [0.15, 0.2) is 4.34 Å². The van der Waals surface area contributed by atoms with Crippen LogP contribution in [0, 0.1) is 11.3 Å². The summed E-state index contributed by atoms with van der Waals surface area (Å²) in [5.41, 5.74) is 1.98. The molecule has 0 aliphatic heterocycles. The third-order valence-electron chi connectivity index (χ3n) is 2.75. The van der Waals surface area contributed by atoms with E-state index in [0.717, 1.165) is 24.6 Å². The molecule has 1 heterocycles. The average Bonchev–Trinajstić information content (AvgIpc) is 2.91. The summed E-state index contributed by atoms with van der Waals surface area (Å²) in [5.74, 6) is 0. The molecule has 3 aromatic rings. The molecule has 0 amide bonds. The van der Waals surface area contributed by atoms with Crippen LogP contribution in [0.25, 0.3) is 16.3 Å². The minimum Gasteiger partial charge on any atom is -0.229 e. The lowest BCUT2D eigenvalue weighted by atomic mass is 10.2. The molecule has 0 radical (unpaired) electrons. The smallest absolute Gasteiger partial charge is 0.156 e. The van der Waals surface area contributed by atoms with Crippen molar-refractivity contribution in [3.8, 4) is 6.07 Å². The minimum atomic E-state index is 0.636. The van der Waals surface area contributed by atoms with Crippen molar-refractivity contribution in [2.45, 2.75) is 4.34 Å². The van der Waals surface area contributed by atoms with Gasteiger partial charge < -0.3 is 0 Å². The summed E-state index contributed by atoms with van der Waals surface area (Å²) >= 11 is 6.42. The van der Waals surface area contributed by atoms with Gasteiger partial charge in [-0.2, -0.15) is 5.26 Å². The zero-order valence-corrected chi connectivity index (χ0v) is 14.0. The quantitative estimate of drug-likeness (QED) is 0.435. The first-order chi connectivity index (χ1) is 10.2. The number of rotatable bonds is 3. The molecule has 0 saturated carbocycles. The molecule has 102 valence electrons. The number of aromatic nitrogens is 1. The summed E-state index contributed by atoms with van der Waals surface area (Å²) < 4.78 is 3.05. The lowest BCUT2D eigenvalue weighted by Gasteiger charge is -1.96. The summed E-state index contributed by atoms with van der Waals surface area (Å²) in [6.45, 7) is 0. The Morgan fingerprint density at radius 3 is 2.67 bits per heavy atom. The number of allylic oxidation sites excluding steroid dienone is 1. The number of thioether (sulfide) groups is 1. The van der Waals surface area contributed by atoms with Gasteiger partial charge in [-0.25, -0.2) is 4.98 Å². The van der Waals surface area contributed by atoms with Crippen molar-refractivity contribution in [1.29, 1.82) is 5.26 Å². The lowest BCUT2D eigenvalue weighted by Crippen LogP contribution is -1.76. The highest BCUT2D eigenvalue weighted by atomic mass is 79.9. The van der Waals surface area contributed by atoms with Gasteiger partial charge in [0.2, 0.25) is 0 Å². The maximum atomic E-state index is 9.31. The Balaban J connectivity index is 1.87. The molecule has 0 aliphatic carbocycles. The number of benzene rings is 2. The Bertz CT molecular complexity index is 812. The van der Waals surface area contributed by atoms with Gasteiger partial charge in [-0.1, -0.05) is 40.2 Å². The van der Waals surface area contributed by atoms with E-state index < -0.39 is 0 Å². The number of halogens is 1. The van der Waals surface area contributed by atoms with Crippen LogP contribution in [0.4, 0.5) is 0 Å².